The second-order valence-electron chi connectivity index (χ2n) is 8.53. The first-order valence-electron chi connectivity index (χ1n) is 11.8. The third-order valence-electron chi connectivity index (χ3n) is 6.11. The van der Waals surface area contributed by atoms with Crippen molar-refractivity contribution in [2.75, 3.05) is 24.7 Å². The van der Waals surface area contributed by atoms with Gasteiger partial charge in [0.1, 0.15) is 0 Å². The molecule has 0 fully saturated rings. The largest absolute Gasteiger partial charge is 0.343 e. The molecule has 0 aromatic heterocycles. The number of thiocarbonyl (C=S) groups is 2. The molecule has 2 N–H and O–H groups in total. The van der Waals surface area contributed by atoms with Crippen LogP contribution in [0.3, 0.4) is 0 Å². The molecule has 6 heteroatoms. The van der Waals surface area contributed by atoms with Gasteiger partial charge >= 0.3 is 0 Å². The van der Waals surface area contributed by atoms with Crippen molar-refractivity contribution in [3.05, 3.63) is 132 Å². The minimum Gasteiger partial charge on any atom is -0.343 e. The number of hydrogen-bond donors (Lipinski definition) is 2. The number of benzene rings is 4. The number of nitrogens with zero attached hydrogens (tertiary/aromatic N) is 2. The van der Waals surface area contributed by atoms with Crippen LogP contribution in [0.4, 0.5) is 11.4 Å². The Balaban J connectivity index is 1.72. The van der Waals surface area contributed by atoms with Crippen molar-refractivity contribution in [3.63, 3.8) is 0 Å². The highest BCUT2D eigenvalue weighted by Gasteiger charge is 2.34. The van der Waals surface area contributed by atoms with Crippen LogP contribution in [-0.2, 0) is 0 Å². The van der Waals surface area contributed by atoms with Gasteiger partial charge in [0.2, 0.25) is 0 Å². The summed E-state index contributed by atoms with van der Waals surface area (Å²) in [5, 5.41) is 8.05. The first-order chi connectivity index (χ1) is 17.5. The fourth-order valence-corrected chi connectivity index (χ4v) is 4.72. The number of rotatable bonds is 7. The monoisotopic (exact) mass is 510 g/mol. The Morgan fingerprint density at radius 1 is 0.500 bits per heavy atom. The van der Waals surface area contributed by atoms with E-state index in [1.807, 2.05) is 86.9 Å². The van der Waals surface area contributed by atoms with Gasteiger partial charge in [-0.15, -0.1) is 0 Å². The first-order valence-corrected chi connectivity index (χ1v) is 12.6. The van der Waals surface area contributed by atoms with Crippen LogP contribution in [0.15, 0.2) is 121 Å². The third-order valence-corrected chi connectivity index (χ3v) is 6.89. The smallest absolute Gasteiger partial charge is 0.173 e. The van der Waals surface area contributed by atoms with E-state index in [0.717, 1.165) is 22.5 Å². The number of hydrogen-bond acceptors (Lipinski definition) is 2. The summed E-state index contributed by atoms with van der Waals surface area (Å²) in [4.78, 5) is 4.24. The molecule has 0 aliphatic rings. The first kappa shape index (κ1) is 25.4. The summed E-state index contributed by atoms with van der Waals surface area (Å²) in [6.45, 7) is 0. The van der Waals surface area contributed by atoms with E-state index >= 15 is 0 Å². The summed E-state index contributed by atoms with van der Waals surface area (Å²) < 4.78 is 0. The van der Waals surface area contributed by atoms with Crippen LogP contribution >= 0.6 is 24.4 Å². The number of nitrogens with one attached hydrogen (secondary N) is 2. The summed E-state index contributed by atoms with van der Waals surface area (Å²) in [5.74, 6) is 0. The zero-order valence-electron chi connectivity index (χ0n) is 20.4. The van der Waals surface area contributed by atoms with Gasteiger partial charge < -0.3 is 20.4 Å². The highest BCUT2D eigenvalue weighted by molar-refractivity contribution is 7.80. The Morgan fingerprint density at radius 2 is 0.778 bits per heavy atom. The topological polar surface area (TPSA) is 30.5 Å². The standard InChI is InChI=1S/C30H30N4S2/c1-33(29(35)31-25-19-11-5-12-20-25)27(23-15-7-3-8-16-23)28(24-17-9-4-10-18-24)34(2)30(36)32-26-21-13-6-14-22-26/h3-22,27-28H,1-2H3,(H,31,35)(H,32,36)/t27-,28-/m0/s1. The SMILES string of the molecule is CN(C(=S)Nc1ccccc1)[C@@H](c1ccccc1)[C@H](c1ccccc1)N(C)C(=S)Nc1ccccc1. The van der Waals surface area contributed by atoms with Crippen molar-refractivity contribution >= 4 is 46.0 Å². The fourth-order valence-electron chi connectivity index (χ4n) is 4.25. The lowest BCUT2D eigenvalue weighted by Crippen LogP contribution is -2.45. The van der Waals surface area contributed by atoms with E-state index in [1.54, 1.807) is 0 Å². The maximum atomic E-state index is 5.91. The Bertz CT molecular complexity index is 1150. The summed E-state index contributed by atoms with van der Waals surface area (Å²) in [6.07, 6.45) is 0. The molecular weight excluding hydrogens is 480 g/mol. The highest BCUT2D eigenvalue weighted by atomic mass is 32.1. The second-order valence-corrected chi connectivity index (χ2v) is 9.30. The highest BCUT2D eigenvalue weighted by Crippen LogP contribution is 2.38. The molecule has 0 aliphatic heterocycles. The molecule has 4 aromatic rings. The number of likely N-dealkylation sites (N-methyl/N-ethyl adjacent to an activating group) is 2. The third kappa shape index (κ3) is 6.27. The molecule has 0 radical (unpaired) electrons. The van der Waals surface area contributed by atoms with Crippen molar-refractivity contribution in [3.8, 4) is 0 Å². The van der Waals surface area contributed by atoms with Crippen LogP contribution in [0.5, 0.6) is 0 Å². The summed E-state index contributed by atoms with van der Waals surface area (Å²) in [5.41, 5.74) is 4.18. The van der Waals surface area contributed by atoms with Gasteiger partial charge in [-0.25, -0.2) is 0 Å². The van der Waals surface area contributed by atoms with Crippen molar-refractivity contribution in [1.29, 1.82) is 0 Å². The Morgan fingerprint density at radius 3 is 1.08 bits per heavy atom. The normalized spacial score (nSPS) is 12.2. The fraction of sp³-hybridized carbons (Fsp3) is 0.133. The lowest BCUT2D eigenvalue weighted by atomic mass is 9.91. The van der Waals surface area contributed by atoms with E-state index in [4.69, 9.17) is 24.4 Å². The maximum absolute atomic E-state index is 5.91. The second kappa shape index (κ2) is 12.3. The summed E-state index contributed by atoms with van der Waals surface area (Å²) in [7, 11) is 4.07. The average Bonchev–Trinajstić information content (AvgIpc) is 2.93. The molecule has 4 nitrogen and oxygen atoms in total. The molecule has 36 heavy (non-hydrogen) atoms. The van der Waals surface area contributed by atoms with Crippen molar-refractivity contribution in [2.45, 2.75) is 12.1 Å². The van der Waals surface area contributed by atoms with Gasteiger partial charge in [0.15, 0.2) is 10.2 Å². The predicted molar refractivity (Wildman–Crippen MR) is 159 cm³/mol. The van der Waals surface area contributed by atoms with Crippen molar-refractivity contribution in [1.82, 2.24) is 9.80 Å². The van der Waals surface area contributed by atoms with Gasteiger partial charge in [-0.1, -0.05) is 97.1 Å². The number of anilines is 2. The lowest BCUT2D eigenvalue weighted by Gasteiger charge is -2.42. The zero-order valence-corrected chi connectivity index (χ0v) is 22.0. The van der Waals surface area contributed by atoms with Gasteiger partial charge in [-0.2, -0.15) is 0 Å². The molecule has 4 rings (SSSR count). The molecule has 0 spiro atoms. The van der Waals surface area contributed by atoms with Crippen molar-refractivity contribution < 1.29 is 0 Å². The minimum atomic E-state index is -0.127. The minimum absolute atomic E-state index is 0.127. The van der Waals surface area contributed by atoms with E-state index in [9.17, 15) is 0 Å². The average molecular weight is 511 g/mol. The number of para-hydroxylation sites is 2. The summed E-state index contributed by atoms with van der Waals surface area (Å²) in [6, 6.07) is 40.6. The van der Waals surface area contributed by atoms with Crippen LogP contribution in [-0.4, -0.2) is 34.1 Å². The van der Waals surface area contributed by atoms with Gasteiger partial charge in [-0.3, -0.25) is 0 Å². The molecule has 0 bridgehead atoms. The molecule has 0 aliphatic carbocycles. The molecule has 182 valence electrons. The van der Waals surface area contributed by atoms with E-state index in [2.05, 4.69) is 69.0 Å². The van der Waals surface area contributed by atoms with E-state index in [1.165, 1.54) is 0 Å². The Kier molecular flexibility index (Phi) is 8.66. The maximum Gasteiger partial charge on any atom is 0.173 e. The van der Waals surface area contributed by atoms with E-state index in [0.29, 0.717) is 10.2 Å². The van der Waals surface area contributed by atoms with Crippen LogP contribution in [0.25, 0.3) is 0 Å². The molecular formula is C30H30N4S2. The zero-order chi connectivity index (χ0) is 25.3. The Hall–Kier alpha value is -3.74. The summed E-state index contributed by atoms with van der Waals surface area (Å²) >= 11 is 11.8. The van der Waals surface area contributed by atoms with Crippen molar-refractivity contribution in [2.24, 2.45) is 0 Å². The molecule has 0 saturated heterocycles. The van der Waals surface area contributed by atoms with E-state index < -0.39 is 0 Å². The predicted octanol–water partition coefficient (Wildman–Crippen LogP) is 7.13. The van der Waals surface area contributed by atoms with Crippen LogP contribution in [0.1, 0.15) is 23.2 Å². The quantitative estimate of drug-likeness (QED) is 0.257. The molecule has 2 atom stereocenters. The molecule has 0 saturated carbocycles. The molecule has 0 amide bonds. The van der Waals surface area contributed by atoms with Crippen LogP contribution in [0.2, 0.25) is 0 Å². The molecule has 4 aromatic carbocycles. The van der Waals surface area contributed by atoms with Gasteiger partial charge in [-0.05, 0) is 59.8 Å². The van der Waals surface area contributed by atoms with Gasteiger partial charge in [0, 0.05) is 25.5 Å². The van der Waals surface area contributed by atoms with Crippen LogP contribution in [0, 0.1) is 0 Å². The van der Waals surface area contributed by atoms with Gasteiger partial charge in [0.25, 0.3) is 0 Å². The van der Waals surface area contributed by atoms with E-state index in [-0.39, 0.29) is 12.1 Å². The molecule has 0 heterocycles. The lowest BCUT2D eigenvalue weighted by molar-refractivity contribution is 0.221. The van der Waals surface area contributed by atoms with Gasteiger partial charge in [0.05, 0.1) is 12.1 Å². The Labute approximate surface area is 224 Å². The molecule has 0 unspecified atom stereocenters. The van der Waals surface area contributed by atoms with Crippen LogP contribution < -0.4 is 10.6 Å².